The molecule has 34 heavy (non-hydrogen) atoms. The number of hydrogen-bond donors (Lipinski definition) is 1. The Hall–Kier alpha value is -2.67. The van der Waals surface area contributed by atoms with Gasteiger partial charge in [0.15, 0.2) is 0 Å². The van der Waals surface area contributed by atoms with Crippen molar-refractivity contribution in [2.75, 3.05) is 13.2 Å². The lowest BCUT2D eigenvalue weighted by atomic mass is 10.1. The van der Waals surface area contributed by atoms with Gasteiger partial charge in [-0.15, -0.1) is 0 Å². The molecule has 0 radical (unpaired) electrons. The van der Waals surface area contributed by atoms with Crippen LogP contribution in [0.15, 0.2) is 54.6 Å². The van der Waals surface area contributed by atoms with Gasteiger partial charge in [-0.05, 0) is 65.3 Å². The molecule has 184 valence electrons. The van der Waals surface area contributed by atoms with E-state index in [-0.39, 0.29) is 12.1 Å². The summed E-state index contributed by atoms with van der Waals surface area (Å²) in [7, 11) is 0. The topological polar surface area (TPSA) is 59.8 Å². The second-order valence-corrected chi connectivity index (χ2v) is 9.31. The Labute approximate surface area is 204 Å². The van der Waals surface area contributed by atoms with Crippen molar-refractivity contribution in [3.05, 3.63) is 71.4 Å². The normalized spacial score (nSPS) is 12.6. The second kappa shape index (κ2) is 12.2. The van der Waals surface area contributed by atoms with Crippen molar-refractivity contribution in [3.63, 3.8) is 0 Å². The van der Waals surface area contributed by atoms with E-state index in [2.05, 4.69) is 32.6 Å². The molecule has 3 rings (SSSR count). The van der Waals surface area contributed by atoms with Crippen LogP contribution in [0, 0.1) is 6.92 Å². The van der Waals surface area contributed by atoms with E-state index in [9.17, 15) is 5.11 Å². The first-order valence-corrected chi connectivity index (χ1v) is 12.2. The molecule has 2 aromatic carbocycles. The average molecular weight is 466 g/mol. The molecule has 6 heteroatoms. The molecular formula is C28H39N3O3. The molecule has 0 fully saturated rings. The van der Waals surface area contributed by atoms with Crippen LogP contribution in [0.4, 0.5) is 0 Å². The first-order valence-electron chi connectivity index (χ1n) is 12.2. The van der Waals surface area contributed by atoms with E-state index in [1.165, 1.54) is 5.56 Å². The van der Waals surface area contributed by atoms with E-state index in [1.807, 2.05) is 73.1 Å². The highest BCUT2D eigenvalue weighted by atomic mass is 16.5. The Balaban J connectivity index is 1.98. The summed E-state index contributed by atoms with van der Waals surface area (Å²) in [6, 6.07) is 18.4. The standard InChI is InChI=1S/C28H39N3O3/c1-7-27-26(18-30(20(2)3)17-24(32)19-33-21(4)5)28(34-25-15-13-22(6)14-16-25)31(29-27)23-11-9-8-10-12-23/h8-16,20-21,24,32H,7,17-19H2,1-6H3/t24-/m0/s1. The molecular weight excluding hydrogens is 426 g/mol. The molecule has 0 spiro atoms. The summed E-state index contributed by atoms with van der Waals surface area (Å²) in [6.07, 6.45) is 0.303. The minimum atomic E-state index is -0.569. The number of aromatic nitrogens is 2. The van der Waals surface area contributed by atoms with E-state index in [1.54, 1.807) is 0 Å². The van der Waals surface area contributed by atoms with Gasteiger partial charge >= 0.3 is 0 Å². The van der Waals surface area contributed by atoms with Gasteiger partial charge in [-0.1, -0.05) is 42.8 Å². The number of ether oxygens (including phenoxy) is 2. The Morgan fingerprint density at radius 1 is 1.00 bits per heavy atom. The van der Waals surface area contributed by atoms with Crippen LogP contribution in [-0.2, 0) is 17.7 Å². The fourth-order valence-electron chi connectivity index (χ4n) is 3.78. The Bertz CT molecular complexity index is 1010. The van der Waals surface area contributed by atoms with Gasteiger partial charge < -0.3 is 14.6 Å². The molecule has 0 aliphatic carbocycles. The average Bonchev–Trinajstić information content (AvgIpc) is 3.16. The molecule has 1 atom stereocenters. The smallest absolute Gasteiger partial charge is 0.227 e. The van der Waals surface area contributed by atoms with Crippen LogP contribution in [0.3, 0.4) is 0 Å². The number of aliphatic hydroxyl groups is 1. The fourth-order valence-corrected chi connectivity index (χ4v) is 3.78. The summed E-state index contributed by atoms with van der Waals surface area (Å²) in [6.45, 7) is 13.9. The number of aliphatic hydroxyl groups excluding tert-OH is 1. The quantitative estimate of drug-likeness (QED) is 0.381. The lowest BCUT2D eigenvalue weighted by molar-refractivity contribution is -0.0137. The lowest BCUT2D eigenvalue weighted by Crippen LogP contribution is -2.39. The molecule has 0 bridgehead atoms. The monoisotopic (exact) mass is 465 g/mol. The van der Waals surface area contributed by atoms with Crippen molar-refractivity contribution in [3.8, 4) is 17.3 Å². The molecule has 0 amide bonds. The van der Waals surface area contributed by atoms with Crippen molar-refractivity contribution >= 4 is 0 Å². The highest BCUT2D eigenvalue weighted by Crippen LogP contribution is 2.32. The molecule has 0 saturated carbocycles. The molecule has 1 N–H and O–H groups in total. The third kappa shape index (κ3) is 6.92. The van der Waals surface area contributed by atoms with Crippen molar-refractivity contribution in [2.24, 2.45) is 0 Å². The summed E-state index contributed by atoms with van der Waals surface area (Å²) < 4.78 is 14.0. The van der Waals surface area contributed by atoms with E-state index < -0.39 is 6.10 Å². The molecule has 1 aromatic heterocycles. The van der Waals surface area contributed by atoms with Gasteiger partial charge in [0.05, 0.1) is 35.8 Å². The molecule has 0 aliphatic rings. The van der Waals surface area contributed by atoms with E-state index in [0.29, 0.717) is 25.6 Å². The van der Waals surface area contributed by atoms with Gasteiger partial charge in [-0.25, -0.2) is 4.68 Å². The van der Waals surface area contributed by atoms with Crippen LogP contribution in [0.2, 0.25) is 0 Å². The maximum absolute atomic E-state index is 10.6. The van der Waals surface area contributed by atoms with Crippen LogP contribution in [0.25, 0.3) is 5.69 Å². The summed E-state index contributed by atoms with van der Waals surface area (Å²) in [4.78, 5) is 2.25. The zero-order valence-corrected chi connectivity index (χ0v) is 21.4. The van der Waals surface area contributed by atoms with Crippen molar-refractivity contribution in [2.45, 2.75) is 72.8 Å². The van der Waals surface area contributed by atoms with Crippen molar-refractivity contribution < 1.29 is 14.6 Å². The zero-order chi connectivity index (χ0) is 24.7. The maximum Gasteiger partial charge on any atom is 0.227 e. The second-order valence-electron chi connectivity index (χ2n) is 9.31. The highest BCUT2D eigenvalue weighted by Gasteiger charge is 2.25. The van der Waals surface area contributed by atoms with Crippen LogP contribution in [0.1, 0.15) is 51.4 Å². The van der Waals surface area contributed by atoms with Crippen LogP contribution < -0.4 is 4.74 Å². The van der Waals surface area contributed by atoms with Gasteiger partial charge in [0.1, 0.15) is 5.75 Å². The summed E-state index contributed by atoms with van der Waals surface area (Å²) >= 11 is 0. The van der Waals surface area contributed by atoms with E-state index in [0.717, 1.165) is 29.1 Å². The summed E-state index contributed by atoms with van der Waals surface area (Å²) in [5.41, 5.74) is 4.16. The predicted octanol–water partition coefficient (Wildman–Crippen LogP) is 5.53. The minimum absolute atomic E-state index is 0.0902. The van der Waals surface area contributed by atoms with Crippen LogP contribution >= 0.6 is 0 Å². The number of para-hydroxylation sites is 1. The zero-order valence-electron chi connectivity index (χ0n) is 21.4. The first-order chi connectivity index (χ1) is 16.3. The Morgan fingerprint density at radius 3 is 2.26 bits per heavy atom. The van der Waals surface area contributed by atoms with E-state index >= 15 is 0 Å². The van der Waals surface area contributed by atoms with Gasteiger partial charge in [0.25, 0.3) is 0 Å². The number of rotatable bonds is 12. The predicted molar refractivity (Wildman–Crippen MR) is 137 cm³/mol. The van der Waals surface area contributed by atoms with Crippen LogP contribution in [0.5, 0.6) is 11.6 Å². The van der Waals surface area contributed by atoms with E-state index in [4.69, 9.17) is 14.6 Å². The number of hydrogen-bond acceptors (Lipinski definition) is 5. The Kier molecular flexibility index (Phi) is 9.28. The highest BCUT2D eigenvalue weighted by molar-refractivity contribution is 5.44. The lowest BCUT2D eigenvalue weighted by Gasteiger charge is -2.29. The number of nitrogens with zero attached hydrogens (tertiary/aromatic N) is 3. The SMILES string of the molecule is CCc1nn(-c2ccccc2)c(Oc2ccc(C)cc2)c1CN(C[C@H](O)COC(C)C)C(C)C. The van der Waals surface area contributed by atoms with Crippen molar-refractivity contribution in [1.29, 1.82) is 0 Å². The van der Waals surface area contributed by atoms with Gasteiger partial charge in [-0.3, -0.25) is 4.90 Å². The van der Waals surface area contributed by atoms with Crippen LogP contribution in [-0.4, -0.2) is 51.2 Å². The largest absolute Gasteiger partial charge is 0.439 e. The summed E-state index contributed by atoms with van der Waals surface area (Å²) in [5.74, 6) is 1.48. The molecule has 1 heterocycles. The number of benzene rings is 2. The van der Waals surface area contributed by atoms with Crippen molar-refractivity contribution in [1.82, 2.24) is 14.7 Å². The molecule has 3 aromatic rings. The molecule has 0 saturated heterocycles. The number of aryl methyl sites for hydroxylation is 2. The minimum Gasteiger partial charge on any atom is -0.439 e. The molecule has 6 nitrogen and oxygen atoms in total. The third-order valence-electron chi connectivity index (χ3n) is 5.75. The first kappa shape index (κ1) is 25.9. The van der Waals surface area contributed by atoms with Gasteiger partial charge in [0.2, 0.25) is 5.88 Å². The Morgan fingerprint density at radius 2 is 1.68 bits per heavy atom. The van der Waals surface area contributed by atoms with Gasteiger partial charge in [-0.2, -0.15) is 5.10 Å². The molecule has 0 aliphatic heterocycles. The van der Waals surface area contributed by atoms with Gasteiger partial charge in [0, 0.05) is 19.1 Å². The summed E-state index contributed by atoms with van der Waals surface area (Å²) in [5, 5.41) is 15.6. The molecule has 0 unspecified atom stereocenters. The fraction of sp³-hybridized carbons (Fsp3) is 0.464. The third-order valence-corrected chi connectivity index (χ3v) is 5.75. The maximum atomic E-state index is 10.6.